The summed E-state index contributed by atoms with van der Waals surface area (Å²) in [5.41, 5.74) is 15.9. The zero-order chi connectivity index (χ0) is 97.7. The maximum absolute atomic E-state index is 12.7. The molecule has 0 aliphatic carbocycles. The number of nitrogens with zero attached hydrogens (tertiary/aromatic N) is 18. The van der Waals surface area contributed by atoms with Crippen molar-refractivity contribution in [2.45, 2.75) is 98.9 Å². The van der Waals surface area contributed by atoms with E-state index in [-0.39, 0.29) is 28.1 Å². The Balaban J connectivity index is 0.000000105. The standard InChI is InChI=1S/C23H25N5O2.C22H23N5O2.C22H21N3O2S.C21H21N5O2.C21H19N3O2S/c1-4-26-7-8-27(13-16(26)3)18-6-5-17-9-19(23(29)30-21(17)10-18)20-14-28-12-15(2)24-11-22(28)25-20;1-14-11-27-13-19(24-21(27)10-23-14)18-8-16-4-5-17(9-20(16)29-22(18)28)26-7-6-25(3)15(2)12-26;1-13-11-25(12-14(2)24-13)17-4-3-15-7-18(22(26)27-19(15)9-17)21-8-16-10-23-6-5-20(16)28-21;1-14-3-6-20-23-18(13-26(20)24-14)17-11-15-4-5-16(12-19(15)28-21(17)27)25-9-2-7-22-8-10-25;1-13-12-24(7-6-23-13)16-3-2-14-8-17(21(25)26-18(14)10-16)20-9-15-11-22-5-4-19(15)27-20/h5-6,9-12,14,16H,4,7-8,13H2,1-3H3;4-5,8-11,13,15H,6-7,12H2,1-3H3;3-10,13-14,24H,11-12H2,1-2H3;3-6,11-13,22H,2,7-10H2,1H3;2-5,8-11,13,23H,6-7,12H2,1H3/t16-;15-;13-,14+;;13-/m01..0/s1. The minimum Gasteiger partial charge on any atom is -0.422 e. The van der Waals surface area contributed by atoms with Gasteiger partial charge in [0.2, 0.25) is 0 Å². The van der Waals surface area contributed by atoms with E-state index in [2.05, 4.69) is 169 Å². The van der Waals surface area contributed by atoms with Crippen molar-refractivity contribution in [3.63, 3.8) is 0 Å². The highest BCUT2D eigenvalue weighted by Crippen LogP contribution is 2.38. The van der Waals surface area contributed by atoms with E-state index in [1.165, 1.54) is 0 Å². The molecule has 25 rings (SSSR count). The maximum atomic E-state index is 12.7. The molecule has 142 heavy (non-hydrogen) atoms. The number of imidazole rings is 3. The first-order valence-electron chi connectivity index (χ1n) is 48.3. The lowest BCUT2D eigenvalue weighted by atomic mass is 10.1. The average molecular weight is 1940 g/mol. The van der Waals surface area contributed by atoms with Crippen LogP contribution in [-0.4, -0.2) is 205 Å². The molecule has 5 atom stereocenters. The zero-order valence-electron chi connectivity index (χ0n) is 80.7. The van der Waals surface area contributed by atoms with Gasteiger partial charge in [0, 0.05) is 287 Å². The number of fused-ring (bicyclic) bond motifs is 10. The van der Waals surface area contributed by atoms with Crippen LogP contribution < -0.4 is 68.6 Å². The Morgan fingerprint density at radius 3 is 1.26 bits per heavy atom. The summed E-state index contributed by atoms with van der Waals surface area (Å²) in [5, 5.41) is 21.4. The average Bonchev–Trinajstić information content (AvgIpc) is 1.57. The van der Waals surface area contributed by atoms with Crippen LogP contribution in [0.2, 0.25) is 0 Å². The first-order chi connectivity index (χ1) is 68.9. The van der Waals surface area contributed by atoms with Gasteiger partial charge in [-0.25, -0.2) is 43.4 Å². The lowest BCUT2D eigenvalue weighted by Crippen LogP contribution is -2.54. The molecule has 5 aliphatic rings. The fourth-order valence-electron chi connectivity index (χ4n) is 19.6. The zero-order valence-corrected chi connectivity index (χ0v) is 82.4. The maximum Gasteiger partial charge on any atom is 0.345 e. The summed E-state index contributed by atoms with van der Waals surface area (Å²) in [6.45, 7) is 34.7. The second-order valence-corrected chi connectivity index (χ2v) is 39.8. The van der Waals surface area contributed by atoms with Crippen LogP contribution in [0.25, 0.3) is 147 Å². The van der Waals surface area contributed by atoms with Gasteiger partial charge in [0.1, 0.15) is 27.9 Å². The SMILES string of the molecule is CCN1CCN(c2ccc3cc(-c4cn5cc(C)ncc5n4)c(=O)oc3c2)C[C@@H]1C.C[C@@H]1CN(c2ccc3cc(-c4cc5cnccc5s4)c(=O)oc3c2)C[C@H](C)N1.C[C@H]1CN(c2ccc3cc(-c4cc5cnccc5s4)c(=O)oc3c2)CCN1.Cc1ccc2nc(-c3cc4ccc(N5CCCNCC5)cc4oc3=O)cn2n1.Cc1cn2cc(-c3cc4ccc(N5CCN(C)[C@H](C)C5)cc4oc3=O)nc2cn1. The number of thiophene rings is 2. The molecule has 5 aliphatic heterocycles. The number of hydrogen-bond donors (Lipinski definition) is 3. The number of rotatable bonds is 11. The summed E-state index contributed by atoms with van der Waals surface area (Å²) in [6, 6.07) is 54.0. The third-order valence-corrected chi connectivity index (χ3v) is 29.5. The lowest BCUT2D eigenvalue weighted by Gasteiger charge is -2.40. The van der Waals surface area contributed by atoms with Crippen LogP contribution in [0, 0.1) is 20.8 Å². The van der Waals surface area contributed by atoms with Gasteiger partial charge in [-0.2, -0.15) is 5.10 Å². The minimum absolute atomic E-state index is 0.298. The molecule has 5 saturated heterocycles. The molecular formula is C109H109N21O10S2. The summed E-state index contributed by atoms with van der Waals surface area (Å²) in [6.07, 6.45) is 20.9. The van der Waals surface area contributed by atoms with E-state index in [1.54, 1.807) is 58.2 Å². The molecule has 0 unspecified atom stereocenters. The Morgan fingerprint density at radius 2 is 0.796 bits per heavy atom. The molecule has 3 N–H and O–H groups in total. The van der Waals surface area contributed by atoms with E-state index in [0.29, 0.717) is 120 Å². The highest BCUT2D eigenvalue weighted by molar-refractivity contribution is 7.22. The molecule has 5 fully saturated rings. The van der Waals surface area contributed by atoms with E-state index in [0.717, 1.165) is 214 Å². The molecule has 5 aromatic carbocycles. The van der Waals surface area contributed by atoms with Crippen molar-refractivity contribution < 1.29 is 22.1 Å². The highest BCUT2D eigenvalue weighted by Gasteiger charge is 2.29. The number of nitrogens with one attached hydrogen (secondary N) is 3. The summed E-state index contributed by atoms with van der Waals surface area (Å²) in [5.74, 6) is 0. The van der Waals surface area contributed by atoms with Crippen LogP contribution in [0.15, 0.2) is 272 Å². The molecule has 0 saturated carbocycles. The predicted octanol–water partition coefficient (Wildman–Crippen LogP) is 17.0. The van der Waals surface area contributed by atoms with Crippen molar-refractivity contribution in [1.82, 2.24) is 79.1 Å². The van der Waals surface area contributed by atoms with Crippen molar-refractivity contribution >= 4 is 143 Å². The Bertz CT molecular complexity index is 8410. The van der Waals surface area contributed by atoms with Crippen molar-refractivity contribution in [2.24, 2.45) is 0 Å². The predicted molar refractivity (Wildman–Crippen MR) is 567 cm³/mol. The molecule has 0 amide bonds. The quantitative estimate of drug-likeness (QED) is 0.101. The molecule has 0 radical (unpaired) electrons. The van der Waals surface area contributed by atoms with Crippen molar-refractivity contribution in [3.05, 3.63) is 295 Å². The lowest BCUT2D eigenvalue weighted by molar-refractivity contribution is 0.199. The second kappa shape index (κ2) is 40.0. The van der Waals surface area contributed by atoms with E-state index < -0.39 is 0 Å². The van der Waals surface area contributed by atoms with Crippen LogP contribution in [0.1, 0.15) is 65.0 Å². The first-order valence-corrected chi connectivity index (χ1v) is 50.0. The highest BCUT2D eigenvalue weighted by atomic mass is 32.1. The van der Waals surface area contributed by atoms with Gasteiger partial charge in [-0.15, -0.1) is 22.7 Å². The fourth-order valence-corrected chi connectivity index (χ4v) is 21.6. The van der Waals surface area contributed by atoms with Crippen molar-refractivity contribution in [2.75, 3.05) is 136 Å². The number of likely N-dealkylation sites (N-methyl/N-ethyl adjacent to an activating group) is 2. The summed E-state index contributed by atoms with van der Waals surface area (Å²) >= 11 is 3.17. The van der Waals surface area contributed by atoms with E-state index in [1.807, 2.05) is 194 Å². The van der Waals surface area contributed by atoms with E-state index >= 15 is 0 Å². The molecule has 15 aromatic heterocycles. The molecular weight excluding hydrogens is 1830 g/mol. The normalized spacial score (nSPS) is 17.8. The van der Waals surface area contributed by atoms with Gasteiger partial charge in [0.05, 0.1) is 80.6 Å². The molecule has 31 nitrogen and oxygen atoms in total. The largest absolute Gasteiger partial charge is 0.422 e. The Hall–Kier alpha value is -15.0. The number of benzene rings is 5. The van der Waals surface area contributed by atoms with Gasteiger partial charge in [0.15, 0.2) is 16.9 Å². The molecule has 0 bridgehead atoms. The summed E-state index contributed by atoms with van der Waals surface area (Å²) < 4.78 is 36.1. The Morgan fingerprint density at radius 1 is 0.373 bits per heavy atom. The molecule has 20 aromatic rings. The Kier molecular flexibility index (Phi) is 26.3. The number of aromatic nitrogens is 11. The smallest absolute Gasteiger partial charge is 0.345 e. The van der Waals surface area contributed by atoms with Gasteiger partial charge in [-0.1, -0.05) is 6.92 Å². The number of piperazine rings is 4. The molecule has 0 spiro atoms. The topological polar surface area (TPSA) is 326 Å². The van der Waals surface area contributed by atoms with Crippen LogP contribution in [-0.2, 0) is 0 Å². The Labute approximate surface area is 824 Å². The van der Waals surface area contributed by atoms with Crippen LogP contribution in [0.5, 0.6) is 0 Å². The van der Waals surface area contributed by atoms with Crippen LogP contribution in [0.3, 0.4) is 0 Å². The van der Waals surface area contributed by atoms with Gasteiger partial charge in [-0.3, -0.25) is 24.8 Å². The third-order valence-electron chi connectivity index (χ3n) is 27.2. The van der Waals surface area contributed by atoms with Crippen molar-refractivity contribution in [1.29, 1.82) is 0 Å². The van der Waals surface area contributed by atoms with Crippen molar-refractivity contribution in [3.8, 4) is 54.7 Å². The third kappa shape index (κ3) is 20.0. The number of aryl methyl sites for hydroxylation is 3. The second-order valence-electron chi connectivity index (χ2n) is 37.6. The van der Waals surface area contributed by atoms with Crippen LogP contribution >= 0.6 is 22.7 Å². The molecule has 722 valence electrons. The van der Waals surface area contributed by atoms with Gasteiger partial charge in [-0.05, 0) is 209 Å². The van der Waals surface area contributed by atoms with E-state index in [9.17, 15) is 24.0 Å². The number of anilines is 5. The van der Waals surface area contributed by atoms with Gasteiger partial charge < -0.3 is 76.2 Å². The molecule has 20 heterocycles. The van der Waals surface area contributed by atoms with E-state index in [4.69, 9.17) is 22.1 Å². The molecule has 33 heteroatoms. The monoisotopic (exact) mass is 1940 g/mol. The number of pyridine rings is 2. The summed E-state index contributed by atoms with van der Waals surface area (Å²) in [7, 11) is 2.15. The first kappa shape index (κ1) is 93.3. The minimum atomic E-state index is -0.387. The van der Waals surface area contributed by atoms with Gasteiger partial charge in [0.25, 0.3) is 0 Å². The fraction of sp³-hybridized carbons (Fsp3) is 0.294. The number of hydrogen-bond acceptors (Lipinski definition) is 30. The summed E-state index contributed by atoms with van der Waals surface area (Å²) in [4.78, 5) is 112. The van der Waals surface area contributed by atoms with Crippen LogP contribution in [0.4, 0.5) is 28.4 Å². The van der Waals surface area contributed by atoms with Gasteiger partial charge >= 0.3 is 28.1 Å².